The number of carbonyl (C=O) groups is 1. The smallest absolute Gasteiger partial charge is 0.284 e. The van der Waals surface area contributed by atoms with E-state index in [1.807, 2.05) is 12.1 Å². The van der Waals surface area contributed by atoms with E-state index >= 15 is 0 Å². The van der Waals surface area contributed by atoms with Gasteiger partial charge in [0.15, 0.2) is 5.82 Å². The molecule has 1 amide bonds. The van der Waals surface area contributed by atoms with Crippen molar-refractivity contribution in [2.24, 2.45) is 5.73 Å². The van der Waals surface area contributed by atoms with Gasteiger partial charge in [0.25, 0.3) is 5.91 Å². The molecular formula is C8H6BrN3OS. The number of nitrogens with zero attached hydrogens (tertiary/aromatic N) is 1. The molecule has 72 valence electrons. The molecule has 14 heavy (non-hydrogen) atoms. The fourth-order valence-electron chi connectivity index (χ4n) is 1.03. The van der Waals surface area contributed by atoms with E-state index in [2.05, 4.69) is 25.9 Å². The van der Waals surface area contributed by atoms with Gasteiger partial charge in [-0.1, -0.05) is 0 Å². The molecule has 2 rings (SSSR count). The van der Waals surface area contributed by atoms with E-state index in [0.29, 0.717) is 0 Å². The minimum absolute atomic E-state index is 0.185. The summed E-state index contributed by atoms with van der Waals surface area (Å²) in [5, 5.41) is 0. The molecule has 6 heteroatoms. The number of hydrogen-bond donors (Lipinski definition) is 2. The number of rotatable bonds is 2. The Morgan fingerprint density at radius 3 is 2.86 bits per heavy atom. The normalized spacial score (nSPS) is 10.4. The topological polar surface area (TPSA) is 71.8 Å². The number of H-pyrrole nitrogens is 1. The number of aromatic amines is 1. The Bertz CT molecular complexity index is 476. The van der Waals surface area contributed by atoms with Gasteiger partial charge in [-0.05, 0) is 28.1 Å². The zero-order chi connectivity index (χ0) is 10.1. The average molecular weight is 272 g/mol. The van der Waals surface area contributed by atoms with Crippen molar-refractivity contribution in [2.75, 3.05) is 0 Å². The molecule has 2 heterocycles. The SMILES string of the molecule is NC(=O)c1ncc(-c2ccc(Br)s2)[nH]1. The number of amides is 1. The molecule has 0 spiro atoms. The van der Waals surface area contributed by atoms with E-state index in [0.717, 1.165) is 14.4 Å². The van der Waals surface area contributed by atoms with Crippen LogP contribution in [-0.4, -0.2) is 15.9 Å². The molecule has 2 aromatic heterocycles. The van der Waals surface area contributed by atoms with Crippen LogP contribution in [0.15, 0.2) is 22.1 Å². The first kappa shape index (κ1) is 9.42. The van der Waals surface area contributed by atoms with Gasteiger partial charge >= 0.3 is 0 Å². The predicted octanol–water partition coefficient (Wildman–Crippen LogP) is 2.00. The highest BCUT2D eigenvalue weighted by atomic mass is 79.9. The summed E-state index contributed by atoms with van der Waals surface area (Å²) in [6.07, 6.45) is 1.60. The molecule has 0 atom stereocenters. The second kappa shape index (κ2) is 3.55. The van der Waals surface area contributed by atoms with Gasteiger partial charge < -0.3 is 10.7 Å². The lowest BCUT2D eigenvalue weighted by Crippen LogP contribution is -2.12. The minimum Gasteiger partial charge on any atom is -0.363 e. The van der Waals surface area contributed by atoms with E-state index in [1.165, 1.54) is 0 Å². The van der Waals surface area contributed by atoms with Crippen LogP contribution in [0.2, 0.25) is 0 Å². The number of imidazole rings is 1. The van der Waals surface area contributed by atoms with Crippen LogP contribution in [0.3, 0.4) is 0 Å². The molecule has 0 saturated heterocycles. The summed E-state index contributed by atoms with van der Waals surface area (Å²) in [5.41, 5.74) is 5.87. The molecule has 0 radical (unpaired) electrons. The van der Waals surface area contributed by atoms with Crippen molar-refractivity contribution in [3.8, 4) is 10.6 Å². The molecule has 0 saturated carbocycles. The molecule has 0 aliphatic carbocycles. The quantitative estimate of drug-likeness (QED) is 0.877. The maximum absolute atomic E-state index is 10.8. The monoisotopic (exact) mass is 271 g/mol. The first-order valence-corrected chi connectivity index (χ1v) is 5.38. The highest BCUT2D eigenvalue weighted by Crippen LogP contribution is 2.29. The van der Waals surface area contributed by atoms with E-state index < -0.39 is 5.91 Å². The van der Waals surface area contributed by atoms with Gasteiger partial charge in [-0.25, -0.2) is 4.98 Å². The van der Waals surface area contributed by atoms with Crippen molar-refractivity contribution in [3.05, 3.63) is 27.9 Å². The number of thiophene rings is 1. The van der Waals surface area contributed by atoms with Gasteiger partial charge in [0.05, 0.1) is 20.6 Å². The van der Waals surface area contributed by atoms with Crippen LogP contribution in [0.5, 0.6) is 0 Å². The van der Waals surface area contributed by atoms with Crippen LogP contribution in [0.25, 0.3) is 10.6 Å². The fourth-order valence-corrected chi connectivity index (χ4v) is 2.38. The lowest BCUT2D eigenvalue weighted by Gasteiger charge is -1.88. The van der Waals surface area contributed by atoms with E-state index in [-0.39, 0.29) is 5.82 Å². The van der Waals surface area contributed by atoms with E-state index in [9.17, 15) is 4.79 Å². The van der Waals surface area contributed by atoms with Gasteiger partial charge in [-0.2, -0.15) is 0 Å². The molecule has 3 N–H and O–H groups in total. The number of primary amides is 1. The highest BCUT2D eigenvalue weighted by molar-refractivity contribution is 9.11. The third-order valence-corrected chi connectivity index (χ3v) is 3.30. The van der Waals surface area contributed by atoms with Crippen molar-refractivity contribution in [1.82, 2.24) is 9.97 Å². The number of hydrogen-bond acceptors (Lipinski definition) is 3. The van der Waals surface area contributed by atoms with E-state index in [4.69, 9.17) is 5.73 Å². The standard InChI is InChI=1S/C8H6BrN3OS/c9-6-2-1-5(14-6)4-3-11-8(12-4)7(10)13/h1-3H,(H2,10,13)(H,11,12). The summed E-state index contributed by atoms with van der Waals surface area (Å²) in [6.45, 7) is 0. The van der Waals surface area contributed by atoms with Crippen LogP contribution in [0, 0.1) is 0 Å². The summed E-state index contributed by atoms with van der Waals surface area (Å²) in [4.78, 5) is 18.5. The number of nitrogens with one attached hydrogen (secondary N) is 1. The predicted molar refractivity (Wildman–Crippen MR) is 58.1 cm³/mol. The summed E-state index contributed by atoms with van der Waals surface area (Å²) < 4.78 is 1.03. The average Bonchev–Trinajstić information content (AvgIpc) is 2.70. The first-order valence-electron chi connectivity index (χ1n) is 3.77. The molecule has 0 aromatic carbocycles. The lowest BCUT2D eigenvalue weighted by molar-refractivity contribution is 0.0991. The van der Waals surface area contributed by atoms with Gasteiger partial charge in [-0.3, -0.25) is 4.79 Å². The first-order chi connectivity index (χ1) is 6.66. The molecule has 0 fully saturated rings. The van der Waals surface area contributed by atoms with Crippen molar-refractivity contribution in [3.63, 3.8) is 0 Å². The summed E-state index contributed by atoms with van der Waals surface area (Å²) in [6, 6.07) is 3.87. The Balaban J connectivity index is 2.38. The zero-order valence-corrected chi connectivity index (χ0v) is 9.35. The van der Waals surface area contributed by atoms with Gasteiger partial charge in [0, 0.05) is 0 Å². The molecule has 0 unspecified atom stereocenters. The van der Waals surface area contributed by atoms with Gasteiger partial charge in [0.2, 0.25) is 0 Å². The van der Waals surface area contributed by atoms with E-state index in [1.54, 1.807) is 17.5 Å². The van der Waals surface area contributed by atoms with Gasteiger partial charge in [-0.15, -0.1) is 11.3 Å². The second-order valence-electron chi connectivity index (χ2n) is 2.61. The van der Waals surface area contributed by atoms with Crippen LogP contribution in [0.4, 0.5) is 0 Å². The fraction of sp³-hybridized carbons (Fsp3) is 0. The number of nitrogens with two attached hydrogens (primary N) is 1. The second-order valence-corrected chi connectivity index (χ2v) is 5.08. The van der Waals surface area contributed by atoms with Crippen LogP contribution in [0.1, 0.15) is 10.6 Å². The third kappa shape index (κ3) is 1.71. The molecule has 4 nitrogen and oxygen atoms in total. The molecule has 2 aromatic rings. The Hall–Kier alpha value is -1.14. The highest BCUT2D eigenvalue weighted by Gasteiger charge is 2.08. The molecular weight excluding hydrogens is 266 g/mol. The number of carbonyl (C=O) groups excluding carboxylic acids is 1. The Morgan fingerprint density at radius 2 is 2.36 bits per heavy atom. The van der Waals surface area contributed by atoms with Gasteiger partial charge in [0.1, 0.15) is 0 Å². The van der Waals surface area contributed by atoms with Crippen molar-refractivity contribution < 1.29 is 4.79 Å². The summed E-state index contributed by atoms with van der Waals surface area (Å²) >= 11 is 4.92. The Morgan fingerprint density at radius 1 is 1.57 bits per heavy atom. The lowest BCUT2D eigenvalue weighted by atomic mass is 10.4. The van der Waals surface area contributed by atoms with Crippen molar-refractivity contribution in [1.29, 1.82) is 0 Å². The molecule has 0 aliphatic heterocycles. The van der Waals surface area contributed by atoms with Crippen LogP contribution < -0.4 is 5.73 Å². The summed E-state index contributed by atoms with van der Waals surface area (Å²) in [5.74, 6) is -0.364. The number of halogens is 1. The largest absolute Gasteiger partial charge is 0.363 e. The van der Waals surface area contributed by atoms with Crippen molar-refractivity contribution in [2.45, 2.75) is 0 Å². The van der Waals surface area contributed by atoms with Crippen LogP contribution >= 0.6 is 27.3 Å². The number of aromatic nitrogens is 2. The summed E-state index contributed by atoms with van der Waals surface area (Å²) in [7, 11) is 0. The molecule has 0 bridgehead atoms. The Labute approximate surface area is 92.3 Å². The minimum atomic E-state index is -0.549. The zero-order valence-electron chi connectivity index (χ0n) is 6.95. The molecule has 0 aliphatic rings. The maximum Gasteiger partial charge on any atom is 0.284 e. The van der Waals surface area contributed by atoms with Crippen LogP contribution in [-0.2, 0) is 0 Å². The Kier molecular flexibility index (Phi) is 2.39. The third-order valence-electron chi connectivity index (χ3n) is 1.65. The van der Waals surface area contributed by atoms with Crippen molar-refractivity contribution >= 4 is 33.2 Å². The maximum atomic E-state index is 10.8.